The molecule has 1 aromatic carbocycles. The molecule has 0 saturated carbocycles. The molecule has 1 rings (SSSR count). The van der Waals surface area contributed by atoms with E-state index >= 15 is 0 Å². The van der Waals surface area contributed by atoms with Crippen molar-refractivity contribution < 1.29 is 14.3 Å². The van der Waals surface area contributed by atoms with Crippen LogP contribution in [0.1, 0.15) is 17.2 Å². The van der Waals surface area contributed by atoms with Crippen LogP contribution in [-0.4, -0.2) is 39.1 Å². The fraction of sp³-hybridized carbons (Fsp3) is 0.462. The molecule has 0 aromatic heterocycles. The molecule has 1 unspecified atom stereocenters. The molecule has 18 heavy (non-hydrogen) atoms. The number of nitrogens with two attached hydrogens (primary N) is 1. The van der Waals surface area contributed by atoms with Gasteiger partial charge in [0, 0.05) is 14.1 Å². The van der Waals surface area contributed by atoms with Crippen molar-refractivity contribution in [2.75, 3.05) is 28.3 Å². The molecule has 1 amide bonds. The van der Waals surface area contributed by atoms with E-state index in [1.54, 1.807) is 34.4 Å². The number of aryl methyl sites for hydroxylation is 1. The Bertz CT molecular complexity index is 444. The van der Waals surface area contributed by atoms with Gasteiger partial charge < -0.3 is 20.1 Å². The van der Waals surface area contributed by atoms with Crippen LogP contribution in [-0.2, 0) is 4.79 Å². The number of hydrogen-bond acceptors (Lipinski definition) is 4. The number of benzene rings is 1. The fourth-order valence-corrected chi connectivity index (χ4v) is 1.74. The second-order valence-corrected chi connectivity index (χ2v) is 4.27. The molecule has 5 heteroatoms. The van der Waals surface area contributed by atoms with Crippen LogP contribution in [0, 0.1) is 6.92 Å². The van der Waals surface area contributed by atoms with Crippen LogP contribution < -0.4 is 15.2 Å². The normalized spacial score (nSPS) is 11.9. The average molecular weight is 252 g/mol. The van der Waals surface area contributed by atoms with E-state index < -0.39 is 6.04 Å². The van der Waals surface area contributed by atoms with Gasteiger partial charge in [0.05, 0.1) is 14.2 Å². The topological polar surface area (TPSA) is 64.8 Å². The molecule has 0 aliphatic heterocycles. The summed E-state index contributed by atoms with van der Waals surface area (Å²) in [5.74, 6) is 1.05. The number of rotatable bonds is 4. The van der Waals surface area contributed by atoms with Crippen LogP contribution in [0.15, 0.2) is 12.1 Å². The van der Waals surface area contributed by atoms with E-state index in [9.17, 15) is 4.79 Å². The first-order valence-corrected chi connectivity index (χ1v) is 5.61. The minimum absolute atomic E-state index is 0.148. The molecule has 0 bridgehead atoms. The van der Waals surface area contributed by atoms with Gasteiger partial charge in [-0.1, -0.05) is 0 Å². The summed E-state index contributed by atoms with van der Waals surface area (Å²) in [6.45, 7) is 1.89. The second-order valence-electron chi connectivity index (χ2n) is 4.27. The van der Waals surface area contributed by atoms with Crippen molar-refractivity contribution in [3.63, 3.8) is 0 Å². The molecule has 0 fully saturated rings. The van der Waals surface area contributed by atoms with Gasteiger partial charge in [0.1, 0.15) is 6.04 Å². The molecule has 2 N–H and O–H groups in total. The summed E-state index contributed by atoms with van der Waals surface area (Å²) >= 11 is 0. The number of carbonyl (C=O) groups is 1. The standard InChI is InChI=1S/C13H20N2O3/c1-8-6-10(17-4)11(18-5)7-9(8)12(14)13(16)15(2)3/h6-7,12H,14H2,1-5H3. The van der Waals surface area contributed by atoms with E-state index in [1.165, 1.54) is 4.90 Å². The molecule has 1 aromatic rings. The lowest BCUT2D eigenvalue weighted by atomic mass is 10.00. The Morgan fingerprint density at radius 1 is 1.22 bits per heavy atom. The third kappa shape index (κ3) is 2.73. The second kappa shape index (κ2) is 5.73. The lowest BCUT2D eigenvalue weighted by molar-refractivity contribution is -0.130. The first-order chi connectivity index (χ1) is 8.42. The highest BCUT2D eigenvalue weighted by Gasteiger charge is 2.21. The van der Waals surface area contributed by atoms with Crippen molar-refractivity contribution in [1.29, 1.82) is 0 Å². The summed E-state index contributed by atoms with van der Waals surface area (Å²) in [7, 11) is 6.48. The van der Waals surface area contributed by atoms with Gasteiger partial charge in [-0.05, 0) is 30.2 Å². The minimum Gasteiger partial charge on any atom is -0.493 e. The maximum Gasteiger partial charge on any atom is 0.243 e. The number of hydrogen-bond donors (Lipinski definition) is 1. The molecule has 1 atom stereocenters. The third-order valence-corrected chi connectivity index (χ3v) is 2.81. The summed E-state index contributed by atoms with van der Waals surface area (Å²) in [4.78, 5) is 13.4. The van der Waals surface area contributed by atoms with Crippen molar-refractivity contribution in [3.8, 4) is 11.5 Å². The van der Waals surface area contributed by atoms with Gasteiger partial charge in [-0.15, -0.1) is 0 Å². The predicted octanol–water partition coefficient (Wildman–Crippen LogP) is 1.10. The largest absolute Gasteiger partial charge is 0.493 e. The molecule has 0 radical (unpaired) electrons. The van der Waals surface area contributed by atoms with Crippen molar-refractivity contribution >= 4 is 5.91 Å². The first kappa shape index (κ1) is 14.3. The minimum atomic E-state index is -0.695. The molecular formula is C13H20N2O3. The molecule has 100 valence electrons. The SMILES string of the molecule is COc1cc(C)c(C(N)C(=O)N(C)C)cc1OC. The Morgan fingerprint density at radius 3 is 2.17 bits per heavy atom. The lowest BCUT2D eigenvalue weighted by Crippen LogP contribution is -2.33. The summed E-state index contributed by atoms with van der Waals surface area (Å²) in [5.41, 5.74) is 7.61. The van der Waals surface area contributed by atoms with Crippen molar-refractivity contribution in [2.24, 2.45) is 5.73 Å². The van der Waals surface area contributed by atoms with Crippen molar-refractivity contribution in [1.82, 2.24) is 4.90 Å². The number of nitrogens with zero attached hydrogens (tertiary/aromatic N) is 1. The number of carbonyl (C=O) groups excluding carboxylic acids is 1. The monoisotopic (exact) mass is 252 g/mol. The van der Waals surface area contributed by atoms with Crippen LogP contribution in [0.5, 0.6) is 11.5 Å². The summed E-state index contributed by atoms with van der Waals surface area (Å²) in [6.07, 6.45) is 0. The average Bonchev–Trinajstić information content (AvgIpc) is 2.36. The summed E-state index contributed by atoms with van der Waals surface area (Å²) in [5, 5.41) is 0. The van der Waals surface area contributed by atoms with Gasteiger partial charge >= 0.3 is 0 Å². The van der Waals surface area contributed by atoms with E-state index in [0.717, 1.165) is 11.1 Å². The molecule has 0 aliphatic rings. The van der Waals surface area contributed by atoms with Crippen molar-refractivity contribution in [3.05, 3.63) is 23.3 Å². The molecular weight excluding hydrogens is 232 g/mol. The highest BCUT2D eigenvalue weighted by atomic mass is 16.5. The maximum atomic E-state index is 11.9. The van der Waals surface area contributed by atoms with Crippen LogP contribution in [0.2, 0.25) is 0 Å². The van der Waals surface area contributed by atoms with Gasteiger partial charge in [-0.3, -0.25) is 4.79 Å². The predicted molar refractivity (Wildman–Crippen MR) is 69.9 cm³/mol. The molecule has 0 heterocycles. The Hall–Kier alpha value is -1.75. The van der Waals surface area contributed by atoms with Crippen molar-refractivity contribution in [2.45, 2.75) is 13.0 Å². The lowest BCUT2D eigenvalue weighted by Gasteiger charge is -2.20. The van der Waals surface area contributed by atoms with Crippen LogP contribution in [0.4, 0.5) is 0 Å². The highest BCUT2D eigenvalue weighted by Crippen LogP contribution is 2.32. The number of likely N-dealkylation sites (N-methyl/N-ethyl adjacent to an activating group) is 1. The van der Waals surface area contributed by atoms with Gasteiger partial charge in [0.25, 0.3) is 0 Å². The Labute approximate surface area is 107 Å². The fourth-order valence-electron chi connectivity index (χ4n) is 1.74. The van der Waals surface area contributed by atoms with Gasteiger partial charge in [0.2, 0.25) is 5.91 Å². The van der Waals surface area contributed by atoms with Crippen LogP contribution >= 0.6 is 0 Å². The number of methoxy groups -OCH3 is 2. The van der Waals surface area contributed by atoms with E-state index in [2.05, 4.69) is 0 Å². The molecule has 5 nitrogen and oxygen atoms in total. The summed E-state index contributed by atoms with van der Waals surface area (Å²) in [6, 6.07) is 2.87. The quantitative estimate of drug-likeness (QED) is 0.871. The van der Waals surface area contributed by atoms with Gasteiger partial charge in [-0.25, -0.2) is 0 Å². The zero-order chi connectivity index (χ0) is 13.9. The Kier molecular flexibility index (Phi) is 4.55. The van der Waals surface area contributed by atoms with E-state index in [0.29, 0.717) is 11.5 Å². The van der Waals surface area contributed by atoms with Crippen LogP contribution in [0.3, 0.4) is 0 Å². The number of amides is 1. The van der Waals surface area contributed by atoms with E-state index in [4.69, 9.17) is 15.2 Å². The zero-order valence-corrected chi connectivity index (χ0v) is 11.5. The van der Waals surface area contributed by atoms with Gasteiger partial charge in [0.15, 0.2) is 11.5 Å². The Balaban J connectivity index is 3.21. The molecule has 0 spiro atoms. The van der Waals surface area contributed by atoms with E-state index in [1.807, 2.05) is 13.0 Å². The van der Waals surface area contributed by atoms with Gasteiger partial charge in [-0.2, -0.15) is 0 Å². The zero-order valence-electron chi connectivity index (χ0n) is 11.5. The highest BCUT2D eigenvalue weighted by molar-refractivity contribution is 5.83. The third-order valence-electron chi connectivity index (χ3n) is 2.81. The Morgan fingerprint density at radius 2 is 1.72 bits per heavy atom. The molecule has 0 aliphatic carbocycles. The summed E-state index contributed by atoms with van der Waals surface area (Å²) < 4.78 is 10.4. The smallest absolute Gasteiger partial charge is 0.243 e. The first-order valence-electron chi connectivity index (χ1n) is 5.61. The van der Waals surface area contributed by atoms with Crippen LogP contribution in [0.25, 0.3) is 0 Å². The maximum absolute atomic E-state index is 11.9. The molecule has 0 saturated heterocycles. The van der Waals surface area contributed by atoms with E-state index in [-0.39, 0.29) is 5.91 Å². The number of ether oxygens (including phenoxy) is 2.